The molecule has 0 radical (unpaired) electrons. The lowest BCUT2D eigenvalue weighted by molar-refractivity contribution is 0.432. The van der Waals surface area contributed by atoms with Crippen LogP contribution in [-0.4, -0.2) is 15.1 Å². The molecular formula is C14H12N4O. The second-order valence-electron chi connectivity index (χ2n) is 4.03. The van der Waals surface area contributed by atoms with Gasteiger partial charge in [-0.05, 0) is 12.1 Å². The Kier molecular flexibility index (Phi) is 3.04. The molecule has 0 fully saturated rings. The molecule has 0 spiro atoms. The molecule has 3 rings (SSSR count). The highest BCUT2D eigenvalue weighted by Gasteiger charge is 2.10. The number of hydrogen-bond donors (Lipinski definition) is 1. The van der Waals surface area contributed by atoms with Crippen LogP contribution >= 0.6 is 0 Å². The molecule has 0 unspecified atom stereocenters. The van der Waals surface area contributed by atoms with Gasteiger partial charge in [-0.2, -0.15) is 4.98 Å². The quantitative estimate of drug-likeness (QED) is 0.773. The summed E-state index contributed by atoms with van der Waals surface area (Å²) in [5, 5.41) is 3.98. The molecule has 0 atom stereocenters. The fraction of sp³-hybridized carbons (Fsp3) is 0.0714. The number of nitrogens with zero attached hydrogens (tertiary/aromatic N) is 3. The molecule has 0 saturated carbocycles. The van der Waals surface area contributed by atoms with Crippen molar-refractivity contribution in [1.82, 2.24) is 15.1 Å². The monoisotopic (exact) mass is 252 g/mol. The number of hydrogen-bond acceptors (Lipinski definition) is 5. The highest BCUT2D eigenvalue weighted by Crippen LogP contribution is 2.21. The summed E-state index contributed by atoms with van der Waals surface area (Å²) < 4.78 is 5.27. The van der Waals surface area contributed by atoms with Crippen LogP contribution in [0.3, 0.4) is 0 Å². The Morgan fingerprint density at radius 3 is 2.68 bits per heavy atom. The molecule has 0 aliphatic rings. The summed E-state index contributed by atoms with van der Waals surface area (Å²) in [7, 11) is 0. The summed E-state index contributed by atoms with van der Waals surface area (Å²) in [4.78, 5) is 8.51. The van der Waals surface area contributed by atoms with Crippen molar-refractivity contribution in [2.45, 2.75) is 6.54 Å². The van der Waals surface area contributed by atoms with E-state index < -0.39 is 0 Å². The predicted octanol–water partition coefficient (Wildman–Crippen LogP) is 2.26. The van der Waals surface area contributed by atoms with Gasteiger partial charge in [-0.25, -0.2) is 0 Å². The van der Waals surface area contributed by atoms with Crippen LogP contribution in [0.4, 0.5) is 0 Å². The first-order valence-electron chi connectivity index (χ1n) is 5.91. The van der Waals surface area contributed by atoms with E-state index in [4.69, 9.17) is 10.3 Å². The van der Waals surface area contributed by atoms with Crippen molar-refractivity contribution in [1.29, 1.82) is 0 Å². The van der Waals surface area contributed by atoms with Gasteiger partial charge in [-0.1, -0.05) is 35.5 Å². The van der Waals surface area contributed by atoms with Gasteiger partial charge in [0.05, 0.1) is 5.69 Å². The van der Waals surface area contributed by atoms with Crippen molar-refractivity contribution < 1.29 is 4.52 Å². The van der Waals surface area contributed by atoms with E-state index in [9.17, 15) is 0 Å². The Labute approximate surface area is 110 Å². The topological polar surface area (TPSA) is 77.8 Å². The minimum absolute atomic E-state index is 0.382. The van der Waals surface area contributed by atoms with Crippen LogP contribution in [0.5, 0.6) is 0 Å². The Morgan fingerprint density at radius 1 is 1.05 bits per heavy atom. The van der Waals surface area contributed by atoms with Crippen LogP contribution in [0, 0.1) is 0 Å². The van der Waals surface area contributed by atoms with Crippen molar-refractivity contribution in [3.63, 3.8) is 0 Å². The third-order valence-corrected chi connectivity index (χ3v) is 2.73. The van der Waals surface area contributed by atoms with E-state index in [1.807, 2.05) is 42.5 Å². The van der Waals surface area contributed by atoms with Crippen molar-refractivity contribution >= 4 is 0 Å². The second-order valence-corrected chi connectivity index (χ2v) is 4.03. The summed E-state index contributed by atoms with van der Waals surface area (Å²) in [6, 6.07) is 13.4. The van der Waals surface area contributed by atoms with E-state index in [-0.39, 0.29) is 0 Å². The van der Waals surface area contributed by atoms with E-state index in [2.05, 4.69) is 15.1 Å². The lowest BCUT2D eigenvalue weighted by Crippen LogP contribution is -1.98. The van der Waals surface area contributed by atoms with Gasteiger partial charge in [0, 0.05) is 23.9 Å². The van der Waals surface area contributed by atoms with Gasteiger partial charge >= 0.3 is 0 Å². The molecule has 0 aliphatic carbocycles. The Balaban J connectivity index is 1.97. The first-order valence-corrected chi connectivity index (χ1v) is 5.91. The van der Waals surface area contributed by atoms with Crippen LogP contribution in [0.1, 0.15) is 5.69 Å². The van der Waals surface area contributed by atoms with Crippen molar-refractivity contribution in [2.24, 2.45) is 5.73 Å². The zero-order valence-electron chi connectivity index (χ0n) is 10.2. The zero-order valence-corrected chi connectivity index (χ0v) is 10.2. The Hall–Kier alpha value is -2.53. The van der Waals surface area contributed by atoms with Crippen molar-refractivity contribution in [3.05, 3.63) is 54.4 Å². The summed E-state index contributed by atoms with van der Waals surface area (Å²) in [6.07, 6.45) is 1.68. The molecular weight excluding hydrogens is 240 g/mol. The van der Waals surface area contributed by atoms with E-state index >= 15 is 0 Å². The fourth-order valence-corrected chi connectivity index (χ4v) is 1.77. The minimum Gasteiger partial charge on any atom is -0.334 e. The lowest BCUT2D eigenvalue weighted by atomic mass is 10.2. The molecule has 2 aromatic heterocycles. The second kappa shape index (κ2) is 4.99. The largest absolute Gasteiger partial charge is 0.334 e. The standard InChI is InChI=1S/C14H12N4O/c15-9-12-8-11(6-7-16-12)14-17-13(18-19-14)10-4-2-1-3-5-10/h1-8H,9,15H2. The molecule has 0 amide bonds. The van der Waals surface area contributed by atoms with Gasteiger partial charge in [-0.15, -0.1) is 0 Å². The lowest BCUT2D eigenvalue weighted by Gasteiger charge is -1.97. The SMILES string of the molecule is NCc1cc(-c2nc(-c3ccccc3)no2)ccn1. The van der Waals surface area contributed by atoms with Crippen LogP contribution in [0.2, 0.25) is 0 Å². The van der Waals surface area contributed by atoms with E-state index in [0.29, 0.717) is 18.3 Å². The fourth-order valence-electron chi connectivity index (χ4n) is 1.77. The third-order valence-electron chi connectivity index (χ3n) is 2.73. The highest BCUT2D eigenvalue weighted by molar-refractivity contribution is 5.59. The van der Waals surface area contributed by atoms with Gasteiger partial charge in [0.1, 0.15) is 0 Å². The van der Waals surface area contributed by atoms with E-state index in [1.165, 1.54) is 0 Å². The average molecular weight is 252 g/mol. The van der Waals surface area contributed by atoms with Gasteiger partial charge in [0.2, 0.25) is 5.82 Å². The molecule has 5 heteroatoms. The summed E-state index contributed by atoms with van der Waals surface area (Å²) in [6.45, 7) is 0.382. The summed E-state index contributed by atoms with van der Waals surface area (Å²) in [5.41, 5.74) is 8.10. The molecule has 94 valence electrons. The van der Waals surface area contributed by atoms with Crippen molar-refractivity contribution in [2.75, 3.05) is 0 Å². The van der Waals surface area contributed by atoms with Crippen LogP contribution in [0.15, 0.2) is 53.2 Å². The molecule has 1 aromatic carbocycles. The maximum Gasteiger partial charge on any atom is 0.258 e. The number of pyridine rings is 1. The Morgan fingerprint density at radius 2 is 1.89 bits per heavy atom. The van der Waals surface area contributed by atoms with Crippen LogP contribution < -0.4 is 5.73 Å². The summed E-state index contributed by atoms with van der Waals surface area (Å²) >= 11 is 0. The van der Waals surface area contributed by atoms with E-state index in [0.717, 1.165) is 16.8 Å². The number of nitrogens with two attached hydrogens (primary N) is 1. The average Bonchev–Trinajstić information content (AvgIpc) is 2.98. The number of rotatable bonds is 3. The molecule has 2 heterocycles. The van der Waals surface area contributed by atoms with Crippen molar-refractivity contribution in [3.8, 4) is 22.8 Å². The smallest absolute Gasteiger partial charge is 0.258 e. The van der Waals surface area contributed by atoms with Gasteiger partial charge < -0.3 is 10.3 Å². The number of aromatic nitrogens is 3. The Bertz CT molecular complexity index is 679. The highest BCUT2D eigenvalue weighted by atomic mass is 16.5. The predicted molar refractivity (Wildman–Crippen MR) is 70.9 cm³/mol. The maximum absolute atomic E-state index is 5.56. The number of benzene rings is 1. The van der Waals surface area contributed by atoms with Gasteiger partial charge in [0.15, 0.2) is 0 Å². The van der Waals surface area contributed by atoms with Gasteiger partial charge in [-0.3, -0.25) is 4.98 Å². The molecule has 2 N–H and O–H groups in total. The molecule has 0 bridgehead atoms. The first kappa shape index (κ1) is 11.6. The third kappa shape index (κ3) is 2.36. The van der Waals surface area contributed by atoms with Gasteiger partial charge in [0.25, 0.3) is 5.89 Å². The minimum atomic E-state index is 0.382. The molecule has 0 aliphatic heterocycles. The van der Waals surface area contributed by atoms with Crippen LogP contribution in [0.25, 0.3) is 22.8 Å². The maximum atomic E-state index is 5.56. The normalized spacial score (nSPS) is 10.6. The molecule has 5 nitrogen and oxygen atoms in total. The molecule has 3 aromatic rings. The van der Waals surface area contributed by atoms with E-state index in [1.54, 1.807) is 6.20 Å². The zero-order chi connectivity index (χ0) is 13.1. The van der Waals surface area contributed by atoms with Crippen LogP contribution in [-0.2, 0) is 6.54 Å². The molecule has 0 saturated heterocycles. The first-order chi connectivity index (χ1) is 9.36. The summed E-state index contributed by atoms with van der Waals surface area (Å²) in [5.74, 6) is 1.04. The molecule has 19 heavy (non-hydrogen) atoms.